The molecule has 1 heterocycles. The van der Waals surface area contributed by atoms with Gasteiger partial charge in [0.15, 0.2) is 0 Å². The average molecular weight is 779 g/mol. The van der Waals surface area contributed by atoms with Gasteiger partial charge in [0, 0.05) is 61.7 Å². The van der Waals surface area contributed by atoms with Crippen LogP contribution >= 0.6 is 0 Å². The molecule has 4 amide bonds. The topological polar surface area (TPSA) is 196 Å². The van der Waals surface area contributed by atoms with E-state index in [1.807, 2.05) is 69.5 Å². The van der Waals surface area contributed by atoms with E-state index in [4.69, 9.17) is 5.73 Å². The summed E-state index contributed by atoms with van der Waals surface area (Å²) >= 11 is 2.55. The zero-order valence-electron chi connectivity index (χ0n) is 31.7. The number of aliphatic hydroxyl groups is 1. The Kier molecular flexibility index (Phi) is 15.9. The molecule has 2 aromatic carbocycles. The molecule has 7 N–H and O–H groups in total. The van der Waals surface area contributed by atoms with Gasteiger partial charge in [-0.05, 0) is 41.7 Å². The molecule has 0 spiro atoms. The van der Waals surface area contributed by atoms with E-state index in [-0.39, 0.29) is 48.1 Å². The summed E-state index contributed by atoms with van der Waals surface area (Å²) in [5.74, 6) is -5.33. The summed E-state index contributed by atoms with van der Waals surface area (Å²) in [7, 11) is 0. The van der Waals surface area contributed by atoms with Gasteiger partial charge in [-0.1, -0.05) is 69.2 Å². The lowest BCUT2D eigenvalue weighted by atomic mass is 9.82. The lowest BCUT2D eigenvalue weighted by Gasteiger charge is -2.41. The van der Waals surface area contributed by atoms with Crippen LogP contribution in [0.3, 0.4) is 0 Å². The van der Waals surface area contributed by atoms with Crippen LogP contribution in [0.15, 0.2) is 72.7 Å². The first kappa shape index (κ1) is 44.5. The second-order valence-corrected chi connectivity index (χ2v) is 16.5. The second kappa shape index (κ2) is 19.6. The van der Waals surface area contributed by atoms with Crippen LogP contribution in [0.1, 0.15) is 71.2 Å². The minimum absolute atomic E-state index is 0.0114. The summed E-state index contributed by atoms with van der Waals surface area (Å²) < 4.78 is 30.8. The fourth-order valence-corrected chi connectivity index (χ4v) is 6.09. The van der Waals surface area contributed by atoms with Gasteiger partial charge in [-0.3, -0.25) is 19.2 Å². The van der Waals surface area contributed by atoms with Crippen molar-refractivity contribution < 1.29 is 43.0 Å². The van der Waals surface area contributed by atoms with E-state index in [2.05, 4.69) is 32.2 Å². The maximum atomic E-state index is 15.0. The fraction of sp³-hybridized carbons (Fsp3) is 0.410. The van der Waals surface area contributed by atoms with Crippen LogP contribution in [-0.2, 0) is 30.5 Å². The normalized spacial score (nSPS) is 13.1. The summed E-state index contributed by atoms with van der Waals surface area (Å²) in [6, 6.07) is 12.0. The van der Waals surface area contributed by atoms with Gasteiger partial charge in [-0.2, -0.15) is 0 Å². The number of nitrogens with one attached hydrogen (secondary N) is 3. The number of halogens is 2. The van der Waals surface area contributed by atoms with Crippen molar-refractivity contribution in [3.63, 3.8) is 0 Å². The Morgan fingerprint density at radius 1 is 1.00 bits per heavy atom. The Hall–Kier alpha value is -4.88. The van der Waals surface area contributed by atoms with Crippen LogP contribution in [-0.4, -0.2) is 91.3 Å². The summed E-state index contributed by atoms with van der Waals surface area (Å²) in [4.78, 5) is 64.1. The van der Waals surface area contributed by atoms with Gasteiger partial charge in [0.25, 0.3) is 0 Å². The van der Waals surface area contributed by atoms with Gasteiger partial charge < -0.3 is 41.4 Å². The molecule has 3 rings (SSSR count). The van der Waals surface area contributed by atoms with Gasteiger partial charge >= 0.3 is 5.97 Å². The summed E-state index contributed by atoms with van der Waals surface area (Å²) in [5, 5.41) is 26.8. The average Bonchev–Trinajstić information content (AvgIpc) is 3.49. The molecule has 0 bridgehead atoms. The molecule has 2 atom stereocenters. The molecular formula is C39H49AlF2N6O7. The molecule has 0 saturated heterocycles. The number of aromatic nitrogens is 1. The number of carboxylic acid groups (broad SMARTS) is 1. The Bertz CT molecular complexity index is 1870. The van der Waals surface area contributed by atoms with E-state index < -0.39 is 65.1 Å². The van der Waals surface area contributed by atoms with Crippen LogP contribution in [0.25, 0.3) is 11.1 Å². The van der Waals surface area contributed by atoms with E-state index in [0.29, 0.717) is 17.8 Å². The maximum absolute atomic E-state index is 15.0. The molecule has 0 aliphatic heterocycles. The molecular weight excluding hydrogens is 729 g/mol. The maximum Gasteiger partial charge on any atom is 0.353 e. The number of hydrogen-bond donors (Lipinski definition) is 6. The van der Waals surface area contributed by atoms with Crippen LogP contribution in [0.2, 0.25) is 4.28 Å². The van der Waals surface area contributed by atoms with Crippen LogP contribution in [0.4, 0.5) is 8.78 Å². The number of nitrogens with zero attached hydrogens (tertiary/aromatic N) is 2. The van der Waals surface area contributed by atoms with E-state index in [1.165, 1.54) is 4.90 Å². The number of aliphatic carboxylic acids is 1. The van der Waals surface area contributed by atoms with E-state index in [0.717, 1.165) is 30.0 Å². The highest BCUT2D eigenvalue weighted by molar-refractivity contribution is 6.16. The highest BCUT2D eigenvalue weighted by atomic mass is 27.0. The van der Waals surface area contributed by atoms with Crippen molar-refractivity contribution in [1.82, 2.24) is 25.4 Å². The Morgan fingerprint density at radius 2 is 1.67 bits per heavy atom. The van der Waals surface area contributed by atoms with Crippen molar-refractivity contribution in [3.8, 4) is 11.1 Å². The predicted octanol–water partition coefficient (Wildman–Crippen LogP) is 3.53. The molecule has 3 aromatic rings. The fourth-order valence-electron chi connectivity index (χ4n) is 5.90. The van der Waals surface area contributed by atoms with Crippen molar-refractivity contribution in [2.24, 2.45) is 11.1 Å². The zero-order valence-corrected chi connectivity index (χ0v) is 32.9. The van der Waals surface area contributed by atoms with Gasteiger partial charge in [-0.15, -0.1) is 0 Å². The van der Waals surface area contributed by atoms with E-state index in [1.54, 1.807) is 12.3 Å². The highest BCUT2D eigenvalue weighted by Gasteiger charge is 2.37. The Labute approximate surface area is 327 Å². The SMILES string of the molecule is C[C](C)([Al])CC(=O)NCCC(=O)N/C=C(/NC(=O)[C@@H](N)CCN(C(=O)CO)[C@@H](c1cc(-c2cc(F)ccc2F)cn1Cc1ccccc1)C(C)(C)C)C(=O)O. The first-order valence-corrected chi connectivity index (χ1v) is 18.2. The number of carbonyl (C=O) groups excluding carboxylic acids is 4. The van der Waals surface area contributed by atoms with Crippen LogP contribution in [0.5, 0.6) is 0 Å². The van der Waals surface area contributed by atoms with E-state index >= 15 is 4.39 Å². The Balaban J connectivity index is 1.84. The van der Waals surface area contributed by atoms with E-state index in [9.17, 15) is 38.6 Å². The number of benzene rings is 2. The minimum Gasteiger partial charge on any atom is -0.477 e. The molecule has 13 nitrogen and oxygen atoms in total. The summed E-state index contributed by atoms with van der Waals surface area (Å²) in [5.41, 5.74) is 6.59. The van der Waals surface area contributed by atoms with Gasteiger partial charge in [0.1, 0.15) is 40.2 Å². The third-order valence-corrected chi connectivity index (χ3v) is 8.61. The lowest BCUT2D eigenvalue weighted by Crippen LogP contribution is -2.48. The highest BCUT2D eigenvalue weighted by Crippen LogP contribution is 2.41. The quantitative estimate of drug-likeness (QED) is 0.0834. The largest absolute Gasteiger partial charge is 0.477 e. The number of nitrogens with two attached hydrogens (primary N) is 1. The smallest absolute Gasteiger partial charge is 0.353 e. The predicted molar refractivity (Wildman–Crippen MR) is 203 cm³/mol. The number of amides is 4. The van der Waals surface area contributed by atoms with Crippen molar-refractivity contribution in [2.75, 3.05) is 19.7 Å². The minimum atomic E-state index is -1.56. The first-order chi connectivity index (χ1) is 25.7. The van der Waals surface area contributed by atoms with Crippen LogP contribution < -0.4 is 21.7 Å². The molecule has 55 heavy (non-hydrogen) atoms. The third-order valence-electron chi connectivity index (χ3n) is 8.41. The lowest BCUT2D eigenvalue weighted by molar-refractivity contribution is -0.140. The van der Waals surface area contributed by atoms with Gasteiger partial charge in [-0.25, -0.2) is 13.6 Å². The van der Waals surface area contributed by atoms with Crippen LogP contribution in [0, 0.1) is 17.0 Å². The molecule has 294 valence electrons. The second-order valence-electron chi connectivity index (χ2n) is 15.0. The Morgan fingerprint density at radius 3 is 2.27 bits per heavy atom. The number of rotatable bonds is 18. The summed E-state index contributed by atoms with van der Waals surface area (Å²) in [6.07, 6.45) is 2.36. The molecule has 0 aliphatic carbocycles. The molecule has 2 radical (unpaired) electrons. The molecule has 1 aromatic heterocycles. The van der Waals surface area contributed by atoms with Crippen molar-refractivity contribution in [1.29, 1.82) is 0 Å². The standard InChI is InChI=1S/C39H49F2N6O7.Al/c1-24(2)17-34(50)43-15-13-33(49)44-20-31(38(53)54)45-37(52)30(42)14-16-47(35(51)23-48)36(39(3,4)5)32-18-26(28-19-27(40)11-12-29(28)41)22-46(32)21-25-9-7-6-8-10-25;/h6-12,18-20,22,30,36,48H,13-17,21,23,42H2,1-5H3,(H,43,50)(H,44,49)(H,45,52)(H,53,54);/b31-20+;/t30-,36-;/m0./s1. The first-order valence-electron chi connectivity index (χ1n) is 17.6. The molecule has 0 saturated carbocycles. The molecule has 0 aliphatic rings. The zero-order chi connectivity index (χ0) is 41.1. The number of aliphatic hydroxyl groups excluding tert-OH is 1. The van der Waals surface area contributed by atoms with Gasteiger partial charge in [0.2, 0.25) is 23.6 Å². The monoisotopic (exact) mass is 778 g/mol. The third kappa shape index (κ3) is 13.7. The number of carboxylic acids is 1. The van der Waals surface area contributed by atoms with Crippen molar-refractivity contribution >= 4 is 45.9 Å². The molecule has 0 fully saturated rings. The number of carbonyl (C=O) groups is 5. The van der Waals surface area contributed by atoms with Crippen molar-refractivity contribution in [2.45, 2.75) is 76.8 Å². The number of hydrogen-bond acceptors (Lipinski definition) is 7. The summed E-state index contributed by atoms with van der Waals surface area (Å²) in [6.45, 7) is 8.57. The van der Waals surface area contributed by atoms with Crippen molar-refractivity contribution in [3.05, 3.63) is 95.6 Å². The molecule has 0 unspecified atom stereocenters. The molecule has 16 heteroatoms. The van der Waals surface area contributed by atoms with Gasteiger partial charge in [0.05, 0.1) is 12.1 Å².